The van der Waals surface area contributed by atoms with Crippen LogP contribution in [0, 0.1) is 0 Å². The van der Waals surface area contributed by atoms with E-state index < -0.39 is 12.0 Å². The van der Waals surface area contributed by atoms with Gasteiger partial charge in [-0.25, -0.2) is 4.79 Å². The maximum absolute atomic E-state index is 11.6. The van der Waals surface area contributed by atoms with Crippen LogP contribution in [0.3, 0.4) is 0 Å². The van der Waals surface area contributed by atoms with E-state index in [1.54, 1.807) is 19.0 Å². The molecule has 5 nitrogen and oxygen atoms in total. The molecule has 0 saturated carbocycles. The maximum Gasteiger partial charge on any atom is 0.326 e. The number of amides is 1. The number of likely N-dealkylation sites (N-methyl/N-ethyl adjacent to an activating group) is 1. The molecule has 1 saturated heterocycles. The summed E-state index contributed by atoms with van der Waals surface area (Å²) < 4.78 is 0. The minimum Gasteiger partial charge on any atom is -0.480 e. The van der Waals surface area contributed by atoms with E-state index in [2.05, 4.69) is 0 Å². The lowest BCUT2D eigenvalue weighted by Crippen LogP contribution is -2.44. The topological polar surface area (TPSA) is 60.9 Å². The summed E-state index contributed by atoms with van der Waals surface area (Å²) in [5, 5.41) is 8.86. The number of carboxylic acid groups (broad SMARTS) is 1. The summed E-state index contributed by atoms with van der Waals surface area (Å²) in [6, 6.07) is -0.609. The number of aliphatic carboxylic acids is 1. The molecular formula is C9H16N2O3. The van der Waals surface area contributed by atoms with Crippen molar-refractivity contribution in [3.8, 4) is 0 Å². The van der Waals surface area contributed by atoms with Crippen LogP contribution in [0.5, 0.6) is 0 Å². The number of likely N-dealkylation sites (tertiary alicyclic amines) is 1. The molecule has 1 fully saturated rings. The predicted molar refractivity (Wildman–Crippen MR) is 50.9 cm³/mol. The Morgan fingerprint density at radius 1 is 1.50 bits per heavy atom. The fourth-order valence-corrected chi connectivity index (χ4v) is 1.68. The van der Waals surface area contributed by atoms with Gasteiger partial charge in [0.25, 0.3) is 0 Å². The third-order valence-corrected chi connectivity index (χ3v) is 2.31. The standard InChI is InChI=1S/C9H16N2O3/c1-10(2)6-8(12)11-5-3-4-7(11)9(13)14/h7H,3-6H2,1-2H3,(H,13,14)/t7-/m0/s1. The number of carbonyl (C=O) groups excluding carboxylic acids is 1. The molecule has 0 aromatic rings. The first-order valence-corrected chi connectivity index (χ1v) is 4.69. The van der Waals surface area contributed by atoms with E-state index >= 15 is 0 Å². The highest BCUT2D eigenvalue weighted by molar-refractivity contribution is 5.85. The van der Waals surface area contributed by atoms with Gasteiger partial charge in [0.1, 0.15) is 6.04 Å². The largest absolute Gasteiger partial charge is 0.480 e. The van der Waals surface area contributed by atoms with Crippen molar-refractivity contribution >= 4 is 11.9 Å². The van der Waals surface area contributed by atoms with Crippen LogP contribution in [0.1, 0.15) is 12.8 Å². The molecule has 1 amide bonds. The van der Waals surface area contributed by atoms with Crippen molar-refractivity contribution in [1.82, 2.24) is 9.80 Å². The van der Waals surface area contributed by atoms with Gasteiger partial charge in [-0.3, -0.25) is 4.79 Å². The second kappa shape index (κ2) is 4.41. The van der Waals surface area contributed by atoms with Crippen molar-refractivity contribution in [2.75, 3.05) is 27.2 Å². The Labute approximate surface area is 83.3 Å². The highest BCUT2D eigenvalue weighted by Gasteiger charge is 2.33. The van der Waals surface area contributed by atoms with Crippen LogP contribution in [0.4, 0.5) is 0 Å². The number of rotatable bonds is 3. The summed E-state index contributed by atoms with van der Waals surface area (Å²) in [6.07, 6.45) is 1.37. The summed E-state index contributed by atoms with van der Waals surface area (Å²) >= 11 is 0. The zero-order chi connectivity index (χ0) is 10.7. The Balaban J connectivity index is 2.58. The van der Waals surface area contributed by atoms with E-state index in [9.17, 15) is 9.59 Å². The van der Waals surface area contributed by atoms with Gasteiger partial charge in [-0.2, -0.15) is 0 Å². The van der Waals surface area contributed by atoms with Crippen LogP contribution in [0.15, 0.2) is 0 Å². The van der Waals surface area contributed by atoms with E-state index in [4.69, 9.17) is 5.11 Å². The third kappa shape index (κ3) is 2.45. The van der Waals surface area contributed by atoms with E-state index in [0.29, 0.717) is 13.0 Å². The quantitative estimate of drug-likeness (QED) is 0.675. The highest BCUT2D eigenvalue weighted by atomic mass is 16.4. The lowest BCUT2D eigenvalue weighted by molar-refractivity contribution is -0.148. The van der Waals surface area contributed by atoms with Gasteiger partial charge in [0.15, 0.2) is 0 Å². The number of nitrogens with zero attached hydrogens (tertiary/aromatic N) is 2. The second-order valence-corrected chi connectivity index (χ2v) is 3.82. The van der Waals surface area contributed by atoms with Crippen LogP contribution in [-0.2, 0) is 9.59 Å². The van der Waals surface area contributed by atoms with E-state index in [1.807, 2.05) is 0 Å². The van der Waals surface area contributed by atoms with E-state index in [0.717, 1.165) is 6.42 Å². The van der Waals surface area contributed by atoms with Gasteiger partial charge in [0, 0.05) is 6.54 Å². The SMILES string of the molecule is CN(C)CC(=O)N1CCC[C@H]1C(=O)O. The predicted octanol–water partition coefficient (Wildman–Crippen LogP) is -0.376. The first-order chi connectivity index (χ1) is 6.52. The molecule has 80 valence electrons. The van der Waals surface area contributed by atoms with Gasteiger partial charge in [-0.1, -0.05) is 0 Å². The molecule has 1 aliphatic rings. The molecule has 14 heavy (non-hydrogen) atoms. The lowest BCUT2D eigenvalue weighted by atomic mass is 10.2. The van der Waals surface area contributed by atoms with E-state index in [-0.39, 0.29) is 12.5 Å². The second-order valence-electron chi connectivity index (χ2n) is 3.82. The Bertz CT molecular complexity index is 240. The number of carboxylic acids is 1. The zero-order valence-corrected chi connectivity index (χ0v) is 8.56. The van der Waals surface area contributed by atoms with Crippen molar-refractivity contribution in [2.24, 2.45) is 0 Å². The van der Waals surface area contributed by atoms with Crippen LogP contribution < -0.4 is 0 Å². The Kier molecular flexibility index (Phi) is 3.46. The summed E-state index contributed by atoms with van der Waals surface area (Å²) in [4.78, 5) is 25.6. The van der Waals surface area contributed by atoms with Gasteiger partial charge < -0.3 is 14.9 Å². The number of carbonyl (C=O) groups is 2. The van der Waals surface area contributed by atoms with Crippen molar-refractivity contribution in [3.05, 3.63) is 0 Å². The minimum atomic E-state index is -0.894. The molecule has 1 rings (SSSR count). The molecule has 0 radical (unpaired) electrons. The fourth-order valence-electron chi connectivity index (χ4n) is 1.68. The fraction of sp³-hybridized carbons (Fsp3) is 0.778. The van der Waals surface area contributed by atoms with E-state index in [1.165, 1.54) is 4.90 Å². The summed E-state index contributed by atoms with van der Waals surface area (Å²) in [6.45, 7) is 0.855. The van der Waals surface area contributed by atoms with Gasteiger partial charge in [0.2, 0.25) is 5.91 Å². The molecule has 0 bridgehead atoms. The molecule has 0 aromatic heterocycles. The average molecular weight is 200 g/mol. The number of hydrogen-bond donors (Lipinski definition) is 1. The molecule has 1 heterocycles. The van der Waals surface area contributed by atoms with Crippen LogP contribution in [-0.4, -0.2) is 60.0 Å². The van der Waals surface area contributed by atoms with Crippen molar-refractivity contribution < 1.29 is 14.7 Å². The molecular weight excluding hydrogens is 184 g/mol. The first kappa shape index (κ1) is 11.0. The van der Waals surface area contributed by atoms with Gasteiger partial charge in [-0.15, -0.1) is 0 Å². The Hall–Kier alpha value is -1.10. The smallest absolute Gasteiger partial charge is 0.326 e. The molecule has 1 aliphatic heterocycles. The van der Waals surface area contributed by atoms with Gasteiger partial charge in [-0.05, 0) is 26.9 Å². The monoisotopic (exact) mass is 200 g/mol. The van der Waals surface area contributed by atoms with Crippen molar-refractivity contribution in [1.29, 1.82) is 0 Å². The first-order valence-electron chi connectivity index (χ1n) is 4.69. The molecule has 0 spiro atoms. The lowest BCUT2D eigenvalue weighted by Gasteiger charge is -2.22. The van der Waals surface area contributed by atoms with Gasteiger partial charge >= 0.3 is 5.97 Å². The minimum absolute atomic E-state index is 0.0973. The maximum atomic E-state index is 11.6. The normalized spacial score (nSPS) is 21.6. The summed E-state index contributed by atoms with van der Waals surface area (Å²) in [7, 11) is 3.59. The van der Waals surface area contributed by atoms with Gasteiger partial charge in [0.05, 0.1) is 6.54 Å². The molecule has 5 heteroatoms. The molecule has 1 N–H and O–H groups in total. The molecule has 0 unspecified atom stereocenters. The van der Waals surface area contributed by atoms with Crippen LogP contribution >= 0.6 is 0 Å². The number of hydrogen-bond acceptors (Lipinski definition) is 3. The molecule has 0 aromatic carbocycles. The Morgan fingerprint density at radius 2 is 2.14 bits per heavy atom. The van der Waals surface area contributed by atoms with Crippen molar-refractivity contribution in [3.63, 3.8) is 0 Å². The summed E-state index contributed by atoms with van der Waals surface area (Å²) in [5.74, 6) is -0.991. The zero-order valence-electron chi connectivity index (χ0n) is 8.56. The third-order valence-electron chi connectivity index (χ3n) is 2.31. The van der Waals surface area contributed by atoms with Crippen LogP contribution in [0.25, 0.3) is 0 Å². The molecule has 0 aliphatic carbocycles. The van der Waals surface area contributed by atoms with Crippen molar-refractivity contribution in [2.45, 2.75) is 18.9 Å². The average Bonchev–Trinajstić information content (AvgIpc) is 2.49. The summed E-state index contributed by atoms with van der Waals surface area (Å²) in [5.41, 5.74) is 0. The molecule has 1 atom stereocenters. The highest BCUT2D eigenvalue weighted by Crippen LogP contribution is 2.17. The Morgan fingerprint density at radius 3 is 2.64 bits per heavy atom. The van der Waals surface area contributed by atoms with Crippen LogP contribution in [0.2, 0.25) is 0 Å².